The SMILES string of the molecule is COc1cc(OC)cc(C(=O)N[C@H](C(=O)N[C@@H]2CC[C@@H]3CCCC[C@@H]3C2)C(C)C)c1. The molecule has 0 aromatic heterocycles. The zero-order valence-corrected chi connectivity index (χ0v) is 18.7. The van der Waals surface area contributed by atoms with Crippen LogP contribution in [0.1, 0.15) is 69.2 Å². The van der Waals surface area contributed by atoms with Crippen LogP contribution in [0.4, 0.5) is 0 Å². The fourth-order valence-corrected chi connectivity index (χ4v) is 4.99. The number of hydrogen-bond donors (Lipinski definition) is 2. The van der Waals surface area contributed by atoms with Gasteiger partial charge in [0.2, 0.25) is 5.91 Å². The van der Waals surface area contributed by atoms with Gasteiger partial charge in [-0.25, -0.2) is 0 Å². The fourth-order valence-electron chi connectivity index (χ4n) is 4.99. The molecule has 0 bridgehead atoms. The third-order valence-electron chi connectivity index (χ3n) is 6.74. The van der Waals surface area contributed by atoms with Crippen molar-refractivity contribution in [1.29, 1.82) is 0 Å². The Bertz CT molecular complexity index is 726. The zero-order valence-electron chi connectivity index (χ0n) is 18.7. The minimum Gasteiger partial charge on any atom is -0.497 e. The fraction of sp³-hybridized carbons (Fsp3) is 0.667. The number of ether oxygens (including phenoxy) is 2. The summed E-state index contributed by atoms with van der Waals surface area (Å²) in [6, 6.07) is 4.64. The normalized spacial score (nSPS) is 24.5. The molecule has 1 aromatic rings. The molecule has 0 heterocycles. The lowest BCUT2D eigenvalue weighted by Crippen LogP contribution is -2.53. The molecule has 0 aliphatic heterocycles. The molecule has 0 spiro atoms. The molecule has 2 fully saturated rings. The van der Waals surface area contributed by atoms with Gasteiger partial charge in [-0.15, -0.1) is 0 Å². The molecule has 0 unspecified atom stereocenters. The van der Waals surface area contributed by atoms with E-state index in [1.165, 1.54) is 32.1 Å². The van der Waals surface area contributed by atoms with Crippen LogP contribution in [0, 0.1) is 17.8 Å². The molecule has 30 heavy (non-hydrogen) atoms. The average Bonchev–Trinajstić information content (AvgIpc) is 2.76. The van der Waals surface area contributed by atoms with E-state index in [1.807, 2.05) is 13.8 Å². The van der Waals surface area contributed by atoms with Gasteiger partial charge in [-0.3, -0.25) is 9.59 Å². The Morgan fingerprint density at radius 1 is 0.933 bits per heavy atom. The Morgan fingerprint density at radius 2 is 1.57 bits per heavy atom. The molecule has 2 aliphatic rings. The van der Waals surface area contributed by atoms with Gasteiger partial charge in [0.05, 0.1) is 14.2 Å². The molecule has 1 aromatic carbocycles. The molecule has 4 atom stereocenters. The van der Waals surface area contributed by atoms with Crippen LogP contribution in [0.25, 0.3) is 0 Å². The minimum absolute atomic E-state index is 0.0209. The summed E-state index contributed by atoms with van der Waals surface area (Å²) in [7, 11) is 3.09. The van der Waals surface area contributed by atoms with E-state index in [9.17, 15) is 9.59 Å². The lowest BCUT2D eigenvalue weighted by Gasteiger charge is -2.40. The van der Waals surface area contributed by atoms with Crippen LogP contribution in [-0.4, -0.2) is 38.1 Å². The molecule has 6 nitrogen and oxygen atoms in total. The van der Waals surface area contributed by atoms with Crippen LogP contribution in [-0.2, 0) is 4.79 Å². The van der Waals surface area contributed by atoms with E-state index in [0.29, 0.717) is 17.1 Å². The van der Waals surface area contributed by atoms with Gasteiger partial charge in [-0.2, -0.15) is 0 Å². The summed E-state index contributed by atoms with van der Waals surface area (Å²) >= 11 is 0. The van der Waals surface area contributed by atoms with Crippen LogP contribution in [0.5, 0.6) is 11.5 Å². The first-order valence-electron chi connectivity index (χ1n) is 11.3. The van der Waals surface area contributed by atoms with Crippen LogP contribution < -0.4 is 20.1 Å². The molecule has 166 valence electrons. The first-order chi connectivity index (χ1) is 14.4. The Labute approximate surface area is 180 Å². The Kier molecular flexibility index (Phi) is 7.62. The topological polar surface area (TPSA) is 76.7 Å². The minimum atomic E-state index is -0.584. The van der Waals surface area contributed by atoms with E-state index in [2.05, 4.69) is 10.6 Å². The predicted molar refractivity (Wildman–Crippen MR) is 117 cm³/mol. The van der Waals surface area contributed by atoms with Crippen LogP contribution >= 0.6 is 0 Å². The number of nitrogens with one attached hydrogen (secondary N) is 2. The standard InChI is InChI=1S/C24H36N2O4/c1-15(2)22(26-23(27)18-12-20(29-3)14-21(13-18)30-4)24(28)25-19-10-9-16-7-5-6-8-17(16)11-19/h12-17,19,22H,5-11H2,1-4H3,(H,25,28)(H,26,27)/t16-,17+,19+,22-/m0/s1. The van der Waals surface area contributed by atoms with Crippen LogP contribution in [0.2, 0.25) is 0 Å². The first-order valence-corrected chi connectivity index (χ1v) is 11.3. The highest BCUT2D eigenvalue weighted by molar-refractivity contribution is 5.98. The highest BCUT2D eigenvalue weighted by Crippen LogP contribution is 2.40. The van der Waals surface area contributed by atoms with Gasteiger partial charge in [0.15, 0.2) is 0 Å². The molecule has 2 saturated carbocycles. The van der Waals surface area contributed by atoms with E-state index < -0.39 is 6.04 Å². The smallest absolute Gasteiger partial charge is 0.252 e. The van der Waals surface area contributed by atoms with Crippen molar-refractivity contribution in [3.8, 4) is 11.5 Å². The summed E-state index contributed by atoms with van der Waals surface area (Å²) in [6.07, 6.45) is 8.63. The first kappa shape index (κ1) is 22.4. The number of rotatable bonds is 7. The van der Waals surface area contributed by atoms with Crippen molar-refractivity contribution in [2.75, 3.05) is 14.2 Å². The van der Waals surface area contributed by atoms with Crippen molar-refractivity contribution in [2.24, 2.45) is 17.8 Å². The second-order valence-corrected chi connectivity index (χ2v) is 9.12. The van der Waals surface area contributed by atoms with Crippen molar-refractivity contribution in [3.63, 3.8) is 0 Å². The van der Waals surface area contributed by atoms with Gasteiger partial charge in [-0.1, -0.05) is 39.5 Å². The Morgan fingerprint density at radius 3 is 2.17 bits per heavy atom. The molecular formula is C24H36N2O4. The number of carbonyl (C=O) groups is 2. The lowest BCUT2D eigenvalue weighted by molar-refractivity contribution is -0.125. The van der Waals surface area contributed by atoms with Gasteiger partial charge in [0.1, 0.15) is 17.5 Å². The van der Waals surface area contributed by atoms with Crippen LogP contribution in [0.15, 0.2) is 18.2 Å². The predicted octanol–water partition coefficient (Wildman–Crippen LogP) is 3.93. The summed E-state index contributed by atoms with van der Waals surface area (Å²) in [6.45, 7) is 3.91. The van der Waals surface area contributed by atoms with E-state index in [0.717, 1.165) is 24.7 Å². The largest absolute Gasteiger partial charge is 0.497 e. The number of benzene rings is 1. The van der Waals surface area contributed by atoms with Crippen LogP contribution in [0.3, 0.4) is 0 Å². The van der Waals surface area contributed by atoms with Gasteiger partial charge in [0, 0.05) is 17.7 Å². The molecule has 2 aliphatic carbocycles. The summed E-state index contributed by atoms with van der Waals surface area (Å²) in [5.74, 6) is 2.24. The molecule has 2 amide bonds. The second-order valence-electron chi connectivity index (χ2n) is 9.12. The lowest BCUT2D eigenvalue weighted by atomic mass is 9.69. The van der Waals surface area contributed by atoms with Gasteiger partial charge in [-0.05, 0) is 49.1 Å². The van der Waals surface area contributed by atoms with E-state index in [1.54, 1.807) is 32.4 Å². The van der Waals surface area contributed by atoms with Gasteiger partial charge < -0.3 is 20.1 Å². The van der Waals surface area contributed by atoms with E-state index in [-0.39, 0.29) is 23.8 Å². The molecule has 0 radical (unpaired) electrons. The van der Waals surface area contributed by atoms with E-state index in [4.69, 9.17) is 9.47 Å². The van der Waals surface area contributed by atoms with Gasteiger partial charge in [0.25, 0.3) is 5.91 Å². The molecule has 6 heteroatoms. The van der Waals surface area contributed by atoms with Crippen molar-refractivity contribution in [2.45, 2.75) is 70.9 Å². The van der Waals surface area contributed by atoms with Gasteiger partial charge >= 0.3 is 0 Å². The van der Waals surface area contributed by atoms with E-state index >= 15 is 0 Å². The number of methoxy groups -OCH3 is 2. The highest BCUT2D eigenvalue weighted by Gasteiger charge is 2.34. The molecule has 3 rings (SSSR count). The second kappa shape index (κ2) is 10.2. The van der Waals surface area contributed by atoms with Crippen molar-refractivity contribution >= 4 is 11.8 Å². The molecular weight excluding hydrogens is 380 g/mol. The third kappa shape index (κ3) is 5.46. The number of hydrogen-bond acceptors (Lipinski definition) is 4. The summed E-state index contributed by atoms with van der Waals surface area (Å²) in [4.78, 5) is 25.9. The average molecular weight is 417 g/mol. The van der Waals surface area contributed by atoms with Crippen molar-refractivity contribution in [1.82, 2.24) is 10.6 Å². The Balaban J connectivity index is 1.64. The summed E-state index contributed by atoms with van der Waals surface area (Å²) in [5.41, 5.74) is 0.410. The molecule has 0 saturated heterocycles. The highest BCUT2D eigenvalue weighted by atomic mass is 16.5. The maximum absolute atomic E-state index is 13.1. The zero-order chi connectivity index (χ0) is 21.7. The maximum Gasteiger partial charge on any atom is 0.252 e. The Hall–Kier alpha value is -2.24. The third-order valence-corrected chi connectivity index (χ3v) is 6.74. The summed E-state index contributed by atoms with van der Waals surface area (Å²) in [5, 5.41) is 6.15. The summed E-state index contributed by atoms with van der Waals surface area (Å²) < 4.78 is 10.5. The van der Waals surface area contributed by atoms with Crippen molar-refractivity contribution < 1.29 is 19.1 Å². The maximum atomic E-state index is 13.1. The molecule has 2 N–H and O–H groups in total. The monoisotopic (exact) mass is 416 g/mol. The quantitative estimate of drug-likeness (QED) is 0.706. The number of fused-ring (bicyclic) bond motifs is 1. The number of carbonyl (C=O) groups excluding carboxylic acids is 2. The number of amides is 2. The van der Waals surface area contributed by atoms with Crippen molar-refractivity contribution in [3.05, 3.63) is 23.8 Å².